The number of carbonyl (C=O) groups is 2. The van der Waals surface area contributed by atoms with Crippen molar-refractivity contribution in [3.63, 3.8) is 0 Å². The van der Waals surface area contributed by atoms with Gasteiger partial charge in [-0.2, -0.15) is 0 Å². The molecule has 0 aliphatic heterocycles. The minimum absolute atomic E-state index is 0.0274. The second-order valence-electron chi connectivity index (χ2n) is 4.69. The zero-order valence-corrected chi connectivity index (χ0v) is 12.5. The zero-order valence-electron chi connectivity index (χ0n) is 12.5. The van der Waals surface area contributed by atoms with Crippen molar-refractivity contribution in [2.24, 2.45) is 0 Å². The molecule has 2 N–H and O–H groups in total. The van der Waals surface area contributed by atoms with E-state index < -0.39 is 5.97 Å². The van der Waals surface area contributed by atoms with E-state index in [9.17, 15) is 9.59 Å². The van der Waals surface area contributed by atoms with E-state index in [1.807, 2.05) is 29.2 Å². The van der Waals surface area contributed by atoms with Gasteiger partial charge in [-0.15, -0.1) is 0 Å². The van der Waals surface area contributed by atoms with E-state index in [0.717, 1.165) is 17.7 Å². The van der Waals surface area contributed by atoms with Gasteiger partial charge < -0.3 is 15.2 Å². The third kappa shape index (κ3) is 6.76. The number of nitrogens with zero attached hydrogens (tertiary/aromatic N) is 1. The number of carboxylic acids is 1. The van der Waals surface area contributed by atoms with Gasteiger partial charge in [-0.25, -0.2) is 0 Å². The summed E-state index contributed by atoms with van der Waals surface area (Å²) < 4.78 is 5.10. The number of hydrogen-bond acceptors (Lipinski definition) is 4. The van der Waals surface area contributed by atoms with E-state index in [2.05, 4.69) is 5.32 Å². The summed E-state index contributed by atoms with van der Waals surface area (Å²) in [5.74, 6) is -0.177. The highest BCUT2D eigenvalue weighted by atomic mass is 16.5. The predicted molar refractivity (Wildman–Crippen MR) is 79.5 cm³/mol. The average molecular weight is 294 g/mol. The molecule has 0 aromatic heterocycles. The van der Waals surface area contributed by atoms with Crippen molar-refractivity contribution in [2.75, 3.05) is 33.8 Å². The van der Waals surface area contributed by atoms with Gasteiger partial charge in [0.15, 0.2) is 0 Å². The van der Waals surface area contributed by atoms with E-state index in [-0.39, 0.29) is 18.9 Å². The maximum atomic E-state index is 11.4. The zero-order chi connectivity index (χ0) is 15.7. The quantitative estimate of drug-likeness (QED) is 0.703. The molecule has 1 amide bonds. The summed E-state index contributed by atoms with van der Waals surface area (Å²) in [6, 6.07) is 7.70. The number of methoxy groups -OCH3 is 1. The van der Waals surface area contributed by atoms with Crippen LogP contribution in [0.25, 0.3) is 0 Å². The largest absolute Gasteiger partial charge is 0.497 e. The van der Waals surface area contributed by atoms with Crippen LogP contribution in [0.1, 0.15) is 12.0 Å². The van der Waals surface area contributed by atoms with Crippen LogP contribution in [0.4, 0.5) is 0 Å². The molecule has 0 aliphatic carbocycles. The standard InChI is InChI=1S/C15H22N2O4/c1-16-14(18)11-17(10-8-15(19)20)9-7-12-3-5-13(21-2)6-4-12/h3-6H,7-11H2,1-2H3,(H,16,18)(H,19,20). The van der Waals surface area contributed by atoms with Crippen molar-refractivity contribution < 1.29 is 19.4 Å². The fraction of sp³-hybridized carbons (Fsp3) is 0.467. The van der Waals surface area contributed by atoms with Crippen molar-refractivity contribution in [1.82, 2.24) is 10.2 Å². The second-order valence-corrected chi connectivity index (χ2v) is 4.69. The molecule has 0 heterocycles. The number of amides is 1. The van der Waals surface area contributed by atoms with Gasteiger partial charge in [0.25, 0.3) is 0 Å². The number of benzene rings is 1. The number of hydrogen-bond donors (Lipinski definition) is 2. The van der Waals surface area contributed by atoms with Crippen LogP contribution < -0.4 is 10.1 Å². The Morgan fingerprint density at radius 2 is 1.90 bits per heavy atom. The van der Waals surface area contributed by atoms with Crippen molar-refractivity contribution in [2.45, 2.75) is 12.8 Å². The van der Waals surface area contributed by atoms with Gasteiger partial charge in [0.2, 0.25) is 5.91 Å². The minimum atomic E-state index is -0.860. The van der Waals surface area contributed by atoms with Crippen LogP contribution in [0.2, 0.25) is 0 Å². The lowest BCUT2D eigenvalue weighted by atomic mass is 10.1. The number of ether oxygens (including phenoxy) is 1. The Hall–Kier alpha value is -2.08. The molecule has 0 aliphatic rings. The lowest BCUT2D eigenvalue weighted by Crippen LogP contribution is -2.38. The maximum Gasteiger partial charge on any atom is 0.304 e. The maximum absolute atomic E-state index is 11.4. The molecule has 1 rings (SSSR count). The van der Waals surface area contributed by atoms with Crippen molar-refractivity contribution in [3.8, 4) is 5.75 Å². The molecule has 0 atom stereocenters. The number of carboxylic acid groups (broad SMARTS) is 1. The SMILES string of the molecule is CNC(=O)CN(CCC(=O)O)CCc1ccc(OC)cc1. The summed E-state index contributed by atoms with van der Waals surface area (Å²) in [5.41, 5.74) is 1.12. The van der Waals surface area contributed by atoms with Crippen LogP contribution in [-0.2, 0) is 16.0 Å². The third-order valence-corrected chi connectivity index (χ3v) is 3.16. The Bertz CT molecular complexity index is 459. The molecular weight excluding hydrogens is 272 g/mol. The van der Waals surface area contributed by atoms with Gasteiger partial charge in [0.05, 0.1) is 20.1 Å². The van der Waals surface area contributed by atoms with Gasteiger partial charge in [-0.3, -0.25) is 14.5 Å². The van der Waals surface area contributed by atoms with Gasteiger partial charge in [-0.1, -0.05) is 12.1 Å². The number of rotatable bonds is 9. The van der Waals surface area contributed by atoms with E-state index in [4.69, 9.17) is 9.84 Å². The van der Waals surface area contributed by atoms with E-state index in [1.54, 1.807) is 14.2 Å². The van der Waals surface area contributed by atoms with Gasteiger partial charge in [-0.05, 0) is 24.1 Å². The highest BCUT2D eigenvalue weighted by molar-refractivity contribution is 5.77. The Kier molecular flexibility index (Phi) is 7.25. The molecule has 6 nitrogen and oxygen atoms in total. The predicted octanol–water partition coefficient (Wildman–Crippen LogP) is 0.760. The summed E-state index contributed by atoms with van der Waals surface area (Å²) in [6.07, 6.45) is 0.778. The molecule has 6 heteroatoms. The van der Waals surface area contributed by atoms with Crippen molar-refractivity contribution in [1.29, 1.82) is 0 Å². The van der Waals surface area contributed by atoms with E-state index in [0.29, 0.717) is 13.1 Å². The first-order valence-corrected chi connectivity index (χ1v) is 6.82. The Labute approximate surface area is 124 Å². The minimum Gasteiger partial charge on any atom is -0.497 e. The highest BCUT2D eigenvalue weighted by Crippen LogP contribution is 2.12. The Balaban J connectivity index is 2.53. The molecule has 0 saturated carbocycles. The normalized spacial score (nSPS) is 10.4. The summed E-state index contributed by atoms with van der Waals surface area (Å²) in [6.45, 7) is 1.20. The first-order valence-electron chi connectivity index (χ1n) is 6.82. The molecule has 0 bridgehead atoms. The summed E-state index contributed by atoms with van der Waals surface area (Å²) in [4.78, 5) is 24.0. The number of aliphatic carboxylic acids is 1. The molecule has 0 unspecified atom stereocenters. The average Bonchev–Trinajstić information content (AvgIpc) is 2.50. The van der Waals surface area contributed by atoms with Gasteiger partial charge in [0.1, 0.15) is 5.75 Å². The Morgan fingerprint density at radius 3 is 2.43 bits per heavy atom. The van der Waals surface area contributed by atoms with Crippen LogP contribution in [-0.4, -0.2) is 55.7 Å². The van der Waals surface area contributed by atoms with Gasteiger partial charge >= 0.3 is 5.97 Å². The van der Waals surface area contributed by atoms with Gasteiger partial charge in [0, 0.05) is 20.1 Å². The molecule has 1 aromatic rings. The molecular formula is C15H22N2O4. The highest BCUT2D eigenvalue weighted by Gasteiger charge is 2.11. The third-order valence-electron chi connectivity index (χ3n) is 3.16. The van der Waals surface area contributed by atoms with Crippen molar-refractivity contribution >= 4 is 11.9 Å². The summed E-state index contributed by atoms with van der Waals surface area (Å²) in [5, 5.41) is 11.3. The monoisotopic (exact) mass is 294 g/mol. The first kappa shape index (κ1) is 17.0. The fourth-order valence-electron chi connectivity index (χ4n) is 1.89. The molecule has 0 fully saturated rings. The molecule has 116 valence electrons. The Morgan fingerprint density at radius 1 is 1.24 bits per heavy atom. The topological polar surface area (TPSA) is 78.9 Å². The van der Waals surface area contributed by atoms with Crippen LogP contribution in [0, 0.1) is 0 Å². The second kappa shape index (κ2) is 8.97. The number of nitrogens with one attached hydrogen (secondary N) is 1. The lowest BCUT2D eigenvalue weighted by Gasteiger charge is -2.20. The smallest absolute Gasteiger partial charge is 0.304 e. The van der Waals surface area contributed by atoms with E-state index >= 15 is 0 Å². The van der Waals surface area contributed by atoms with Crippen LogP contribution in [0.15, 0.2) is 24.3 Å². The van der Waals surface area contributed by atoms with Crippen LogP contribution in [0.5, 0.6) is 5.75 Å². The van der Waals surface area contributed by atoms with Crippen molar-refractivity contribution in [3.05, 3.63) is 29.8 Å². The van der Waals surface area contributed by atoms with E-state index in [1.165, 1.54) is 0 Å². The molecule has 0 saturated heterocycles. The fourth-order valence-corrected chi connectivity index (χ4v) is 1.89. The molecule has 21 heavy (non-hydrogen) atoms. The number of carbonyl (C=O) groups excluding carboxylic acids is 1. The first-order chi connectivity index (χ1) is 10.0. The molecule has 1 aromatic carbocycles. The summed E-state index contributed by atoms with van der Waals surface area (Å²) >= 11 is 0. The summed E-state index contributed by atoms with van der Waals surface area (Å²) in [7, 11) is 3.19. The van der Waals surface area contributed by atoms with Crippen LogP contribution >= 0.6 is 0 Å². The number of likely N-dealkylation sites (N-methyl/N-ethyl adjacent to an activating group) is 1. The molecule has 0 spiro atoms. The van der Waals surface area contributed by atoms with Crippen LogP contribution in [0.3, 0.4) is 0 Å². The lowest BCUT2D eigenvalue weighted by molar-refractivity contribution is -0.137. The molecule has 0 radical (unpaired) electrons.